The summed E-state index contributed by atoms with van der Waals surface area (Å²) in [5, 5.41) is 4.87. The summed E-state index contributed by atoms with van der Waals surface area (Å²) in [5.74, 6) is -0.778. The van der Waals surface area contributed by atoms with Gasteiger partial charge in [0.1, 0.15) is 17.2 Å². The second-order valence-electron chi connectivity index (χ2n) is 7.23. The zero-order chi connectivity index (χ0) is 22.1. The number of aromatic nitrogens is 3. The lowest BCUT2D eigenvalue weighted by Crippen LogP contribution is -2.33. The van der Waals surface area contributed by atoms with Crippen LogP contribution in [0.15, 0.2) is 51.6 Å². The number of rotatable bonds is 5. The standard InChI is InChI=1S/C22H19FN4O3S/c1-12-7-13(2)26-20(29)16(12)8-24-18(28)9-27-11-25-21-19(22(27)30)17(10-31-21)14-3-5-15(23)6-4-14/h3-7,10-11H,8-9H2,1-2H3,(H,24,28)(H,26,29). The molecule has 4 aromatic rings. The van der Waals surface area contributed by atoms with E-state index in [4.69, 9.17) is 0 Å². The second kappa shape index (κ2) is 8.27. The molecule has 7 nitrogen and oxygen atoms in total. The first-order valence-electron chi connectivity index (χ1n) is 9.52. The van der Waals surface area contributed by atoms with Crippen LogP contribution in [0.1, 0.15) is 16.8 Å². The number of aromatic amines is 1. The van der Waals surface area contributed by atoms with Crippen LogP contribution < -0.4 is 16.4 Å². The van der Waals surface area contributed by atoms with Gasteiger partial charge in [0.05, 0.1) is 11.7 Å². The molecule has 0 radical (unpaired) electrons. The van der Waals surface area contributed by atoms with Crippen molar-refractivity contribution in [2.75, 3.05) is 0 Å². The topological polar surface area (TPSA) is 96.8 Å². The number of amides is 1. The third kappa shape index (κ3) is 4.17. The Balaban J connectivity index is 1.58. The van der Waals surface area contributed by atoms with Gasteiger partial charge in [-0.1, -0.05) is 12.1 Å². The highest BCUT2D eigenvalue weighted by Crippen LogP contribution is 2.30. The number of H-pyrrole nitrogens is 1. The van der Waals surface area contributed by atoms with E-state index in [1.165, 1.54) is 34.4 Å². The molecule has 31 heavy (non-hydrogen) atoms. The Labute approximate surface area is 180 Å². The van der Waals surface area contributed by atoms with Crippen LogP contribution in [0, 0.1) is 19.7 Å². The molecule has 3 heterocycles. The lowest BCUT2D eigenvalue weighted by molar-refractivity contribution is -0.121. The first-order chi connectivity index (χ1) is 14.8. The molecule has 158 valence electrons. The first kappa shape index (κ1) is 20.7. The molecule has 3 aromatic heterocycles. The van der Waals surface area contributed by atoms with E-state index < -0.39 is 5.91 Å². The average Bonchev–Trinajstić information content (AvgIpc) is 3.15. The van der Waals surface area contributed by atoms with Crippen molar-refractivity contribution in [3.63, 3.8) is 0 Å². The number of benzene rings is 1. The van der Waals surface area contributed by atoms with E-state index >= 15 is 0 Å². The fraction of sp³-hybridized carbons (Fsp3) is 0.182. The van der Waals surface area contributed by atoms with E-state index in [0.29, 0.717) is 26.9 Å². The quantitative estimate of drug-likeness (QED) is 0.501. The van der Waals surface area contributed by atoms with Gasteiger partial charge >= 0.3 is 0 Å². The van der Waals surface area contributed by atoms with Crippen LogP contribution in [0.25, 0.3) is 21.3 Å². The third-order valence-corrected chi connectivity index (χ3v) is 5.87. The number of hydrogen-bond donors (Lipinski definition) is 2. The minimum absolute atomic E-state index is 0.0595. The van der Waals surface area contributed by atoms with Crippen molar-refractivity contribution in [1.82, 2.24) is 19.9 Å². The number of nitrogens with one attached hydrogen (secondary N) is 2. The highest BCUT2D eigenvalue weighted by Gasteiger charge is 2.15. The Morgan fingerprint density at radius 3 is 2.68 bits per heavy atom. The molecule has 0 spiro atoms. The first-order valence-corrected chi connectivity index (χ1v) is 10.4. The van der Waals surface area contributed by atoms with Gasteiger partial charge in [-0.2, -0.15) is 0 Å². The summed E-state index contributed by atoms with van der Waals surface area (Å²) in [6.45, 7) is 3.42. The molecule has 1 aromatic carbocycles. The van der Waals surface area contributed by atoms with Crippen LogP contribution in [0.4, 0.5) is 4.39 Å². The van der Waals surface area contributed by atoms with Gasteiger partial charge in [0, 0.05) is 28.7 Å². The highest BCUT2D eigenvalue weighted by molar-refractivity contribution is 7.17. The number of fused-ring (bicyclic) bond motifs is 1. The maximum absolute atomic E-state index is 13.3. The van der Waals surface area contributed by atoms with Crippen LogP contribution in [0.5, 0.6) is 0 Å². The SMILES string of the molecule is Cc1cc(C)c(CNC(=O)Cn2cnc3scc(-c4ccc(F)cc4)c3c2=O)c(=O)[nH]1. The summed E-state index contributed by atoms with van der Waals surface area (Å²) >= 11 is 1.31. The van der Waals surface area contributed by atoms with E-state index in [0.717, 1.165) is 11.3 Å². The van der Waals surface area contributed by atoms with Crippen molar-refractivity contribution in [3.05, 3.63) is 85.4 Å². The van der Waals surface area contributed by atoms with Crippen LogP contribution in [0.2, 0.25) is 0 Å². The molecule has 0 aliphatic carbocycles. The average molecular weight is 438 g/mol. The van der Waals surface area contributed by atoms with Crippen LogP contribution >= 0.6 is 11.3 Å². The highest BCUT2D eigenvalue weighted by atomic mass is 32.1. The van der Waals surface area contributed by atoms with Gasteiger partial charge in [-0.05, 0) is 43.2 Å². The normalized spacial score (nSPS) is 11.1. The van der Waals surface area contributed by atoms with Crippen molar-refractivity contribution in [2.45, 2.75) is 26.9 Å². The Morgan fingerprint density at radius 2 is 1.97 bits per heavy atom. The number of thiophene rings is 1. The van der Waals surface area contributed by atoms with Crippen LogP contribution in [-0.4, -0.2) is 20.4 Å². The lowest BCUT2D eigenvalue weighted by atomic mass is 10.1. The van der Waals surface area contributed by atoms with Crippen molar-refractivity contribution in [3.8, 4) is 11.1 Å². The Hall–Kier alpha value is -3.59. The predicted octanol–water partition coefficient (Wildman–Crippen LogP) is 2.89. The maximum atomic E-state index is 13.3. The molecule has 0 unspecified atom stereocenters. The number of carbonyl (C=O) groups is 1. The van der Waals surface area contributed by atoms with Gasteiger partial charge < -0.3 is 10.3 Å². The Morgan fingerprint density at radius 1 is 1.23 bits per heavy atom. The summed E-state index contributed by atoms with van der Waals surface area (Å²) in [4.78, 5) is 45.1. The molecule has 1 amide bonds. The predicted molar refractivity (Wildman–Crippen MR) is 118 cm³/mol. The molecule has 0 saturated carbocycles. The van der Waals surface area contributed by atoms with E-state index in [9.17, 15) is 18.8 Å². The van der Waals surface area contributed by atoms with E-state index in [-0.39, 0.29) is 30.0 Å². The van der Waals surface area contributed by atoms with Crippen LogP contribution in [0.3, 0.4) is 0 Å². The Bertz CT molecular complexity index is 1400. The summed E-state index contributed by atoms with van der Waals surface area (Å²) in [6.07, 6.45) is 1.33. The molecular weight excluding hydrogens is 419 g/mol. The fourth-order valence-corrected chi connectivity index (χ4v) is 4.33. The smallest absolute Gasteiger partial charge is 0.263 e. The fourth-order valence-electron chi connectivity index (χ4n) is 3.42. The zero-order valence-electron chi connectivity index (χ0n) is 16.9. The summed E-state index contributed by atoms with van der Waals surface area (Å²) in [7, 11) is 0. The molecule has 4 rings (SSSR count). The summed E-state index contributed by atoms with van der Waals surface area (Å²) in [5.41, 5.74) is 2.73. The van der Waals surface area contributed by atoms with Gasteiger partial charge in [-0.15, -0.1) is 11.3 Å². The van der Waals surface area contributed by atoms with Crippen LogP contribution in [-0.2, 0) is 17.9 Å². The van der Waals surface area contributed by atoms with Crippen molar-refractivity contribution >= 4 is 27.5 Å². The van der Waals surface area contributed by atoms with Gasteiger partial charge in [0.25, 0.3) is 11.1 Å². The molecule has 0 aliphatic heterocycles. The minimum Gasteiger partial charge on any atom is -0.350 e. The van der Waals surface area contributed by atoms with Crippen molar-refractivity contribution < 1.29 is 9.18 Å². The summed E-state index contributed by atoms with van der Waals surface area (Å²) < 4.78 is 14.5. The van der Waals surface area contributed by atoms with Crippen molar-refractivity contribution in [1.29, 1.82) is 0 Å². The third-order valence-electron chi connectivity index (χ3n) is 4.99. The zero-order valence-corrected chi connectivity index (χ0v) is 17.7. The lowest BCUT2D eigenvalue weighted by Gasteiger charge is -2.09. The molecule has 0 atom stereocenters. The molecular formula is C22H19FN4O3S. The van der Waals surface area contributed by atoms with E-state index in [1.807, 2.05) is 6.07 Å². The number of carbonyl (C=O) groups excluding carboxylic acids is 1. The largest absolute Gasteiger partial charge is 0.350 e. The molecule has 0 aliphatic rings. The van der Waals surface area contributed by atoms with Crippen molar-refractivity contribution in [2.24, 2.45) is 0 Å². The number of pyridine rings is 1. The molecule has 0 fully saturated rings. The maximum Gasteiger partial charge on any atom is 0.263 e. The monoisotopic (exact) mass is 438 g/mol. The molecule has 0 saturated heterocycles. The second-order valence-corrected chi connectivity index (χ2v) is 8.09. The molecule has 2 N–H and O–H groups in total. The number of aryl methyl sites for hydroxylation is 2. The summed E-state index contributed by atoms with van der Waals surface area (Å²) in [6, 6.07) is 7.69. The molecule has 9 heteroatoms. The van der Waals surface area contributed by atoms with Gasteiger partial charge in [-0.3, -0.25) is 19.0 Å². The van der Waals surface area contributed by atoms with Gasteiger partial charge in [-0.25, -0.2) is 9.37 Å². The molecule has 0 bridgehead atoms. The van der Waals surface area contributed by atoms with E-state index in [2.05, 4.69) is 15.3 Å². The van der Waals surface area contributed by atoms with E-state index in [1.54, 1.807) is 31.4 Å². The minimum atomic E-state index is -0.416. The number of nitrogens with zero attached hydrogens (tertiary/aromatic N) is 2. The number of halogens is 1. The number of hydrogen-bond acceptors (Lipinski definition) is 5. The van der Waals surface area contributed by atoms with Gasteiger partial charge in [0.15, 0.2) is 0 Å². The Kier molecular flexibility index (Phi) is 5.51. The van der Waals surface area contributed by atoms with Gasteiger partial charge in [0.2, 0.25) is 5.91 Å².